The van der Waals surface area contributed by atoms with Crippen LogP contribution in [0.1, 0.15) is 39.5 Å². The van der Waals surface area contributed by atoms with Crippen LogP contribution in [0.25, 0.3) is 0 Å². The van der Waals surface area contributed by atoms with Gasteiger partial charge in [0.2, 0.25) is 0 Å². The zero-order valence-corrected chi connectivity index (χ0v) is 19.2. The van der Waals surface area contributed by atoms with Crippen LogP contribution in [0.15, 0.2) is 0 Å². The van der Waals surface area contributed by atoms with E-state index in [-0.39, 0.29) is 52.4 Å². The fraction of sp³-hybridized carbons (Fsp3) is 0.875. The molecule has 0 bridgehead atoms. The monoisotopic (exact) mass is 568 g/mol. The Bertz CT molecular complexity index is 105. The van der Waals surface area contributed by atoms with Gasteiger partial charge in [-0.1, -0.05) is 26.7 Å². The van der Waals surface area contributed by atoms with Crippen LogP contribution >= 0.6 is 0 Å². The Morgan fingerprint density at radius 1 is 1.25 bits per heavy atom. The molecule has 76 valence electrons. The predicted octanol–water partition coefficient (Wildman–Crippen LogP) is -0.0804. The van der Waals surface area contributed by atoms with Gasteiger partial charge in [-0.05, 0) is 12.3 Å². The minimum atomic E-state index is -0.677. The Balaban J connectivity index is -0.000000405. The summed E-state index contributed by atoms with van der Waals surface area (Å²) in [7, 11) is 0. The van der Waals surface area contributed by atoms with Gasteiger partial charge in [-0.3, -0.25) is 4.79 Å². The topological polar surface area (TPSA) is 37.3 Å². The Kier molecular flexibility index (Phi) is 19.3. The van der Waals surface area contributed by atoms with E-state index in [1.54, 1.807) is 0 Å². The van der Waals surface area contributed by atoms with E-state index in [9.17, 15) is 4.79 Å². The average molecular weight is 568 g/mol. The van der Waals surface area contributed by atoms with Gasteiger partial charge in [-0.15, -0.1) is 0 Å². The number of carbonyl (C=O) groups is 1. The van der Waals surface area contributed by atoms with E-state index in [0.29, 0.717) is 12.3 Å². The Morgan fingerprint density at radius 2 is 1.75 bits per heavy atom. The number of carboxylic acid groups (broad SMARTS) is 1. The van der Waals surface area contributed by atoms with E-state index in [1.165, 1.54) is 0 Å². The molecule has 0 aromatic heterocycles. The summed E-state index contributed by atoms with van der Waals surface area (Å²) in [6.45, 7) is 4.31. The number of unbranched alkanes of at least 4 members (excludes halogenated alkanes) is 1. The van der Waals surface area contributed by atoms with Crippen LogP contribution in [0.5, 0.6) is 0 Å². The third kappa shape index (κ3) is 17.4. The number of hydrogen-bond acceptors (Lipinski definition) is 1. The molecule has 0 aromatic carbocycles. The maximum atomic E-state index is 10.0. The van der Waals surface area contributed by atoms with Crippen LogP contribution in [-0.2, 0) is 4.79 Å². The molecule has 0 aliphatic carbocycles. The zero-order valence-electron chi connectivity index (χ0n) is 8.18. The first-order chi connectivity index (χ1) is 4.63. The quantitative estimate of drug-likeness (QED) is 0.373. The van der Waals surface area contributed by atoms with Gasteiger partial charge in [-0.2, -0.15) is 0 Å². The molecule has 0 amide bonds. The average Bonchev–Trinajstić information content (AvgIpc) is 1.79. The molecule has 0 aliphatic rings. The van der Waals surface area contributed by atoms with Gasteiger partial charge in [0, 0.05) is 6.42 Å². The van der Waals surface area contributed by atoms with Gasteiger partial charge in [-0.25, -0.2) is 0 Å². The van der Waals surface area contributed by atoms with Crippen LogP contribution in [0.3, 0.4) is 0 Å². The predicted molar refractivity (Wildman–Crippen MR) is 60.8 cm³/mol. The molecule has 0 radical (unpaired) electrons. The Hall–Kier alpha value is 1.24. The molecule has 0 unspecified atom stereocenters. The fourth-order valence-corrected chi connectivity index (χ4v) is 0.829. The second-order valence-electron chi connectivity index (χ2n) is 3.03. The number of hydrogen-bond donors (Lipinski definition) is 1. The Labute approximate surface area is 113 Å². The van der Waals surface area contributed by atoms with Crippen molar-refractivity contribution in [3.8, 4) is 0 Å². The zero-order chi connectivity index (χ0) is 7.98. The summed E-state index contributed by atoms with van der Waals surface area (Å²) in [6, 6.07) is 0. The van der Waals surface area contributed by atoms with Crippen molar-refractivity contribution in [3.05, 3.63) is 0 Å². The molecule has 0 aromatic rings. The number of carboxylic acids is 1. The number of rotatable bonds is 5. The summed E-state index contributed by atoms with van der Waals surface area (Å²) >= 11 is 0. The number of aliphatic carboxylic acids is 1. The standard InChI is InChI=1S/C8H16O2.2Bi.6H/c1-7(2)5-3-4-6-8(9)10;;;;;;;;/h7H,3-6H2,1-2H3,(H,9,10);;;;;;;;. The van der Waals surface area contributed by atoms with Crippen molar-refractivity contribution in [2.75, 3.05) is 0 Å². The maximum absolute atomic E-state index is 10.0. The van der Waals surface area contributed by atoms with E-state index < -0.39 is 5.97 Å². The van der Waals surface area contributed by atoms with Gasteiger partial charge in [0.05, 0.1) is 0 Å². The molecule has 0 rings (SSSR count). The SMILES string of the molecule is CC(C)CCCCC(=O)O.[BiH3].[BiH3]. The summed E-state index contributed by atoms with van der Waals surface area (Å²) in [4.78, 5) is 10.0. The van der Waals surface area contributed by atoms with E-state index in [2.05, 4.69) is 13.8 Å². The van der Waals surface area contributed by atoms with E-state index >= 15 is 0 Å². The second kappa shape index (κ2) is 12.2. The first-order valence-corrected chi connectivity index (χ1v) is 3.84. The van der Waals surface area contributed by atoms with Gasteiger partial charge in [0.25, 0.3) is 0 Å². The van der Waals surface area contributed by atoms with Gasteiger partial charge in [0.1, 0.15) is 0 Å². The van der Waals surface area contributed by atoms with Crippen LogP contribution < -0.4 is 0 Å². The van der Waals surface area contributed by atoms with Crippen molar-refractivity contribution in [2.24, 2.45) is 5.92 Å². The van der Waals surface area contributed by atoms with Crippen molar-refractivity contribution < 1.29 is 9.90 Å². The molecule has 0 fully saturated rings. The van der Waals surface area contributed by atoms with Gasteiger partial charge < -0.3 is 5.11 Å². The molecule has 1 N–H and O–H groups in total. The molecule has 12 heavy (non-hydrogen) atoms. The molecule has 0 saturated heterocycles. The molecule has 0 spiro atoms. The molecule has 0 saturated carbocycles. The summed E-state index contributed by atoms with van der Waals surface area (Å²) in [5.41, 5.74) is 0. The van der Waals surface area contributed by atoms with Crippen LogP contribution in [0, 0.1) is 5.92 Å². The van der Waals surface area contributed by atoms with Crippen LogP contribution in [-0.4, -0.2) is 63.5 Å². The summed E-state index contributed by atoms with van der Waals surface area (Å²) < 4.78 is 0. The van der Waals surface area contributed by atoms with E-state index in [4.69, 9.17) is 5.11 Å². The van der Waals surface area contributed by atoms with Gasteiger partial charge >= 0.3 is 58.4 Å². The van der Waals surface area contributed by atoms with E-state index in [1.807, 2.05) is 0 Å². The van der Waals surface area contributed by atoms with E-state index in [0.717, 1.165) is 19.3 Å². The fourth-order valence-electron chi connectivity index (χ4n) is 0.829. The molecular weight excluding hydrogens is 546 g/mol. The second-order valence-corrected chi connectivity index (χ2v) is 3.03. The first-order valence-electron chi connectivity index (χ1n) is 3.84. The minimum absolute atomic E-state index is 0. The molecular formula is C8H22Bi2O2. The summed E-state index contributed by atoms with van der Waals surface area (Å²) in [6.07, 6.45) is 3.34. The van der Waals surface area contributed by atoms with Crippen LogP contribution in [0.2, 0.25) is 0 Å². The molecule has 2 nitrogen and oxygen atoms in total. The van der Waals surface area contributed by atoms with Crippen molar-refractivity contribution in [3.63, 3.8) is 0 Å². The molecule has 0 atom stereocenters. The van der Waals surface area contributed by atoms with Crippen molar-refractivity contribution in [1.29, 1.82) is 0 Å². The summed E-state index contributed by atoms with van der Waals surface area (Å²) in [5.74, 6) is 0.0255. The van der Waals surface area contributed by atoms with Crippen LogP contribution in [0.4, 0.5) is 0 Å². The molecule has 0 heterocycles. The molecule has 0 aliphatic heterocycles. The van der Waals surface area contributed by atoms with Crippen molar-refractivity contribution >= 4 is 58.4 Å². The van der Waals surface area contributed by atoms with Gasteiger partial charge in [0.15, 0.2) is 0 Å². The third-order valence-electron chi connectivity index (χ3n) is 1.42. The first kappa shape index (κ1) is 18.9. The molecule has 4 heteroatoms. The van der Waals surface area contributed by atoms with Crippen molar-refractivity contribution in [1.82, 2.24) is 0 Å². The third-order valence-corrected chi connectivity index (χ3v) is 1.42. The van der Waals surface area contributed by atoms with Crippen molar-refractivity contribution in [2.45, 2.75) is 39.5 Å². The normalized spacial score (nSPS) is 8.58. The Morgan fingerprint density at radius 3 is 2.08 bits per heavy atom. The summed E-state index contributed by atoms with van der Waals surface area (Å²) in [5, 5.41) is 8.28.